The van der Waals surface area contributed by atoms with Crippen molar-refractivity contribution >= 4 is 11.9 Å². The van der Waals surface area contributed by atoms with Crippen LogP contribution in [0.15, 0.2) is 0 Å². The van der Waals surface area contributed by atoms with E-state index in [-0.39, 0.29) is 18.0 Å². The van der Waals surface area contributed by atoms with Crippen LogP contribution in [-0.2, 0) is 9.59 Å². The highest BCUT2D eigenvalue weighted by Crippen LogP contribution is 2.27. The lowest BCUT2D eigenvalue weighted by Gasteiger charge is -2.34. The number of carboxylic acids is 1. The quantitative estimate of drug-likeness (QED) is 0.761. The summed E-state index contributed by atoms with van der Waals surface area (Å²) in [7, 11) is 0. The standard InChI is InChI=1S/C13H22N2O3/c1-8-4-3-6-14-11(8)12(16)15-7-5-10(9(15)2)13(17)18/h8-11,14H,3-7H2,1-2H3,(H,17,18). The first-order valence-electron chi connectivity index (χ1n) is 6.79. The van der Waals surface area contributed by atoms with Gasteiger partial charge in [-0.3, -0.25) is 9.59 Å². The first-order valence-corrected chi connectivity index (χ1v) is 6.79. The van der Waals surface area contributed by atoms with Gasteiger partial charge in [0.1, 0.15) is 0 Å². The minimum Gasteiger partial charge on any atom is -0.481 e. The fourth-order valence-corrected chi connectivity index (χ4v) is 3.14. The van der Waals surface area contributed by atoms with Crippen LogP contribution in [0, 0.1) is 11.8 Å². The number of hydrogen-bond donors (Lipinski definition) is 2. The fraction of sp³-hybridized carbons (Fsp3) is 0.846. The molecular weight excluding hydrogens is 232 g/mol. The van der Waals surface area contributed by atoms with Crippen LogP contribution in [0.5, 0.6) is 0 Å². The Morgan fingerprint density at radius 2 is 2.00 bits per heavy atom. The molecule has 5 nitrogen and oxygen atoms in total. The number of rotatable bonds is 2. The molecule has 0 radical (unpaired) electrons. The van der Waals surface area contributed by atoms with E-state index in [4.69, 9.17) is 5.11 Å². The van der Waals surface area contributed by atoms with Crippen LogP contribution >= 0.6 is 0 Å². The highest BCUT2D eigenvalue weighted by molar-refractivity contribution is 5.84. The normalized spacial score (nSPS) is 36.7. The van der Waals surface area contributed by atoms with Crippen LogP contribution in [-0.4, -0.2) is 47.1 Å². The number of amides is 1. The molecule has 2 fully saturated rings. The Bertz CT molecular complexity index is 345. The lowest BCUT2D eigenvalue weighted by atomic mass is 9.91. The number of hydrogen-bond acceptors (Lipinski definition) is 3. The second kappa shape index (κ2) is 5.26. The summed E-state index contributed by atoms with van der Waals surface area (Å²) < 4.78 is 0. The van der Waals surface area contributed by atoms with Crippen LogP contribution in [0.4, 0.5) is 0 Å². The summed E-state index contributed by atoms with van der Waals surface area (Å²) in [4.78, 5) is 25.3. The van der Waals surface area contributed by atoms with Crippen molar-refractivity contribution in [3.63, 3.8) is 0 Å². The van der Waals surface area contributed by atoms with Gasteiger partial charge in [-0.25, -0.2) is 0 Å². The maximum atomic E-state index is 12.5. The van der Waals surface area contributed by atoms with Gasteiger partial charge >= 0.3 is 5.97 Å². The third-order valence-electron chi connectivity index (χ3n) is 4.39. The Kier molecular flexibility index (Phi) is 3.90. The summed E-state index contributed by atoms with van der Waals surface area (Å²) in [6.07, 6.45) is 2.75. The summed E-state index contributed by atoms with van der Waals surface area (Å²) in [6, 6.07) is -0.320. The molecule has 1 amide bonds. The van der Waals surface area contributed by atoms with Crippen molar-refractivity contribution in [3.8, 4) is 0 Å². The van der Waals surface area contributed by atoms with Crippen LogP contribution in [0.2, 0.25) is 0 Å². The molecular formula is C13H22N2O3. The zero-order valence-electron chi connectivity index (χ0n) is 11.1. The molecule has 0 aromatic carbocycles. The van der Waals surface area contributed by atoms with Crippen LogP contribution in [0.3, 0.4) is 0 Å². The Balaban J connectivity index is 2.03. The van der Waals surface area contributed by atoms with Gasteiger partial charge in [0, 0.05) is 12.6 Å². The van der Waals surface area contributed by atoms with Crippen LogP contribution < -0.4 is 5.32 Å². The minimum atomic E-state index is -0.789. The minimum absolute atomic E-state index is 0.0819. The molecule has 2 rings (SSSR count). The number of piperidine rings is 1. The lowest BCUT2D eigenvalue weighted by molar-refractivity contribution is -0.143. The molecule has 2 aliphatic heterocycles. The number of aliphatic carboxylic acids is 1. The number of carbonyl (C=O) groups is 2. The van der Waals surface area contributed by atoms with Crippen LogP contribution in [0.25, 0.3) is 0 Å². The first-order chi connectivity index (χ1) is 8.52. The Morgan fingerprint density at radius 3 is 2.56 bits per heavy atom. The maximum Gasteiger partial charge on any atom is 0.308 e. The van der Waals surface area contributed by atoms with Crippen molar-refractivity contribution in [1.82, 2.24) is 10.2 Å². The van der Waals surface area contributed by atoms with E-state index in [1.54, 1.807) is 4.90 Å². The van der Waals surface area contributed by atoms with E-state index < -0.39 is 11.9 Å². The first kappa shape index (κ1) is 13.3. The smallest absolute Gasteiger partial charge is 0.308 e. The van der Waals surface area contributed by atoms with E-state index in [2.05, 4.69) is 12.2 Å². The van der Waals surface area contributed by atoms with E-state index in [1.807, 2.05) is 6.92 Å². The monoisotopic (exact) mass is 254 g/mol. The molecule has 0 saturated carbocycles. The summed E-state index contributed by atoms with van der Waals surface area (Å²) in [5.41, 5.74) is 0. The predicted octanol–water partition coefficient (Wildman–Crippen LogP) is 0.696. The molecule has 2 heterocycles. The highest BCUT2D eigenvalue weighted by atomic mass is 16.4. The number of likely N-dealkylation sites (tertiary alicyclic amines) is 1. The summed E-state index contributed by atoms with van der Waals surface area (Å²) in [5, 5.41) is 12.4. The molecule has 2 N–H and O–H groups in total. The highest BCUT2D eigenvalue weighted by Gasteiger charge is 2.41. The Hall–Kier alpha value is -1.10. The van der Waals surface area contributed by atoms with Gasteiger partial charge in [-0.05, 0) is 38.6 Å². The molecule has 0 aromatic heterocycles. The molecule has 0 aliphatic carbocycles. The van der Waals surface area contributed by atoms with Gasteiger partial charge in [-0.2, -0.15) is 0 Å². The van der Waals surface area contributed by atoms with Gasteiger partial charge in [0.15, 0.2) is 0 Å². The predicted molar refractivity (Wildman–Crippen MR) is 67.1 cm³/mol. The molecule has 0 bridgehead atoms. The summed E-state index contributed by atoms with van der Waals surface area (Å²) in [6.45, 7) is 5.38. The number of nitrogens with zero attached hydrogens (tertiary/aromatic N) is 1. The van der Waals surface area contributed by atoms with Gasteiger partial charge in [-0.15, -0.1) is 0 Å². The van der Waals surface area contributed by atoms with Crippen molar-refractivity contribution in [2.75, 3.05) is 13.1 Å². The molecule has 0 spiro atoms. The second-order valence-corrected chi connectivity index (χ2v) is 5.56. The molecule has 5 heteroatoms. The van der Waals surface area contributed by atoms with Crippen LogP contribution in [0.1, 0.15) is 33.1 Å². The lowest BCUT2D eigenvalue weighted by Crippen LogP contribution is -2.53. The van der Waals surface area contributed by atoms with Crippen molar-refractivity contribution in [1.29, 1.82) is 0 Å². The third kappa shape index (κ3) is 2.36. The van der Waals surface area contributed by atoms with Crippen molar-refractivity contribution < 1.29 is 14.7 Å². The van der Waals surface area contributed by atoms with Crippen molar-refractivity contribution in [2.45, 2.75) is 45.2 Å². The molecule has 4 atom stereocenters. The van der Waals surface area contributed by atoms with Gasteiger partial charge < -0.3 is 15.3 Å². The van der Waals surface area contributed by atoms with E-state index in [0.717, 1.165) is 19.4 Å². The largest absolute Gasteiger partial charge is 0.481 e. The molecule has 102 valence electrons. The molecule has 0 aromatic rings. The van der Waals surface area contributed by atoms with Crippen molar-refractivity contribution in [2.24, 2.45) is 11.8 Å². The topological polar surface area (TPSA) is 69.6 Å². The molecule has 4 unspecified atom stereocenters. The average Bonchev–Trinajstić information content (AvgIpc) is 2.71. The number of carbonyl (C=O) groups excluding carboxylic acids is 1. The van der Waals surface area contributed by atoms with Gasteiger partial charge in [-0.1, -0.05) is 6.92 Å². The van der Waals surface area contributed by atoms with E-state index in [0.29, 0.717) is 18.9 Å². The fourth-order valence-electron chi connectivity index (χ4n) is 3.14. The van der Waals surface area contributed by atoms with Crippen molar-refractivity contribution in [3.05, 3.63) is 0 Å². The SMILES string of the molecule is CC1CCCNC1C(=O)N1CCC(C(=O)O)C1C. The number of nitrogens with one attached hydrogen (secondary N) is 1. The van der Waals surface area contributed by atoms with E-state index >= 15 is 0 Å². The zero-order valence-corrected chi connectivity index (χ0v) is 11.1. The Labute approximate surface area is 108 Å². The molecule has 2 saturated heterocycles. The third-order valence-corrected chi connectivity index (χ3v) is 4.39. The molecule has 2 aliphatic rings. The average molecular weight is 254 g/mol. The van der Waals surface area contributed by atoms with Gasteiger partial charge in [0.25, 0.3) is 0 Å². The summed E-state index contributed by atoms with van der Waals surface area (Å²) >= 11 is 0. The molecule has 18 heavy (non-hydrogen) atoms. The van der Waals surface area contributed by atoms with E-state index in [9.17, 15) is 9.59 Å². The zero-order chi connectivity index (χ0) is 13.3. The number of carboxylic acid groups (broad SMARTS) is 1. The maximum absolute atomic E-state index is 12.5. The Morgan fingerprint density at radius 1 is 1.28 bits per heavy atom. The van der Waals surface area contributed by atoms with Gasteiger partial charge in [0.05, 0.1) is 12.0 Å². The summed E-state index contributed by atoms with van der Waals surface area (Å²) in [5.74, 6) is -0.781. The van der Waals surface area contributed by atoms with Gasteiger partial charge in [0.2, 0.25) is 5.91 Å². The van der Waals surface area contributed by atoms with E-state index in [1.165, 1.54) is 0 Å². The second-order valence-electron chi connectivity index (χ2n) is 5.56.